The van der Waals surface area contributed by atoms with E-state index in [1.165, 1.54) is 0 Å². The second-order valence-corrected chi connectivity index (χ2v) is 5.44. The second kappa shape index (κ2) is 9.57. The Hall–Kier alpha value is -1.34. The predicted octanol–water partition coefficient (Wildman–Crippen LogP) is 0.230. The largest absolute Gasteiger partial charge is 0.352 e. The number of amides is 4. The maximum atomic E-state index is 11.8. The van der Waals surface area contributed by atoms with Crippen LogP contribution in [0.25, 0.3) is 0 Å². The Balaban J connectivity index is 0.00000400. The van der Waals surface area contributed by atoms with Gasteiger partial charge in [0, 0.05) is 25.6 Å². The number of hydrogen-bond acceptors (Lipinski definition) is 4. The summed E-state index contributed by atoms with van der Waals surface area (Å²) in [5, 5.41) is 5.32. The molecule has 8 heteroatoms. The van der Waals surface area contributed by atoms with Crippen LogP contribution in [-0.4, -0.2) is 48.4 Å². The van der Waals surface area contributed by atoms with Crippen molar-refractivity contribution in [2.75, 3.05) is 19.6 Å². The molecule has 0 bridgehead atoms. The molecule has 1 rings (SSSR count). The molecule has 0 aromatic heterocycles. The number of carbonyl (C=O) groups is 3. The van der Waals surface area contributed by atoms with Crippen LogP contribution in [-0.2, 0) is 9.59 Å². The molecule has 0 aromatic carbocycles. The van der Waals surface area contributed by atoms with Gasteiger partial charge < -0.3 is 16.4 Å². The van der Waals surface area contributed by atoms with Crippen molar-refractivity contribution in [2.24, 2.45) is 11.7 Å². The number of halogens is 1. The van der Waals surface area contributed by atoms with Gasteiger partial charge in [-0.3, -0.25) is 14.5 Å². The zero-order valence-corrected chi connectivity index (χ0v) is 13.4. The Morgan fingerprint density at radius 3 is 2.57 bits per heavy atom. The van der Waals surface area contributed by atoms with Gasteiger partial charge in [0.1, 0.15) is 0 Å². The molecule has 1 fully saturated rings. The van der Waals surface area contributed by atoms with E-state index >= 15 is 0 Å². The molecule has 0 aliphatic carbocycles. The SMILES string of the molecule is CC(C)CC(CN)NC(=O)CCCN1C(=O)CNC1=O.Cl. The van der Waals surface area contributed by atoms with E-state index in [1.54, 1.807) is 0 Å². The first kappa shape index (κ1) is 19.7. The van der Waals surface area contributed by atoms with E-state index in [1.807, 2.05) is 0 Å². The van der Waals surface area contributed by atoms with Crippen molar-refractivity contribution < 1.29 is 14.4 Å². The van der Waals surface area contributed by atoms with Crippen LogP contribution in [0.15, 0.2) is 0 Å². The van der Waals surface area contributed by atoms with Gasteiger partial charge in [-0.2, -0.15) is 0 Å². The first-order valence-electron chi connectivity index (χ1n) is 7.01. The van der Waals surface area contributed by atoms with Gasteiger partial charge in [0.05, 0.1) is 6.54 Å². The van der Waals surface area contributed by atoms with Gasteiger partial charge in [-0.15, -0.1) is 12.4 Å². The highest BCUT2D eigenvalue weighted by Gasteiger charge is 2.27. The number of hydrogen-bond donors (Lipinski definition) is 3. The summed E-state index contributed by atoms with van der Waals surface area (Å²) in [5.74, 6) is 0.137. The van der Waals surface area contributed by atoms with Crippen LogP contribution in [0.4, 0.5) is 4.79 Å². The number of urea groups is 1. The number of nitrogens with one attached hydrogen (secondary N) is 2. The molecule has 7 nitrogen and oxygen atoms in total. The Morgan fingerprint density at radius 1 is 1.43 bits per heavy atom. The molecule has 0 radical (unpaired) electrons. The van der Waals surface area contributed by atoms with Gasteiger partial charge in [-0.05, 0) is 18.8 Å². The molecular weight excluding hydrogens is 296 g/mol. The molecule has 1 saturated heterocycles. The van der Waals surface area contributed by atoms with Gasteiger partial charge in [-0.1, -0.05) is 13.8 Å². The summed E-state index contributed by atoms with van der Waals surface area (Å²) in [7, 11) is 0. The van der Waals surface area contributed by atoms with Crippen LogP contribution in [0.3, 0.4) is 0 Å². The number of imide groups is 1. The summed E-state index contributed by atoms with van der Waals surface area (Å²) in [4.78, 5) is 35.5. The lowest BCUT2D eigenvalue weighted by Gasteiger charge is -2.19. The summed E-state index contributed by atoms with van der Waals surface area (Å²) >= 11 is 0. The fourth-order valence-electron chi connectivity index (χ4n) is 2.16. The zero-order valence-electron chi connectivity index (χ0n) is 12.6. The fourth-order valence-corrected chi connectivity index (χ4v) is 2.16. The summed E-state index contributed by atoms with van der Waals surface area (Å²) < 4.78 is 0. The van der Waals surface area contributed by atoms with Crippen molar-refractivity contribution in [3.05, 3.63) is 0 Å². The molecule has 0 saturated carbocycles. The van der Waals surface area contributed by atoms with E-state index in [0.717, 1.165) is 11.3 Å². The van der Waals surface area contributed by atoms with Crippen LogP contribution >= 0.6 is 12.4 Å². The first-order chi connectivity index (χ1) is 9.43. The van der Waals surface area contributed by atoms with E-state index in [2.05, 4.69) is 24.5 Å². The van der Waals surface area contributed by atoms with Crippen molar-refractivity contribution >= 4 is 30.3 Å². The Kier molecular flexibility index (Phi) is 8.96. The maximum Gasteiger partial charge on any atom is 0.324 e. The summed E-state index contributed by atoms with van der Waals surface area (Å²) in [5.41, 5.74) is 5.61. The molecule has 1 heterocycles. The maximum absolute atomic E-state index is 11.8. The lowest BCUT2D eigenvalue weighted by molar-refractivity contribution is -0.126. The Labute approximate surface area is 131 Å². The lowest BCUT2D eigenvalue weighted by Crippen LogP contribution is -2.41. The molecule has 122 valence electrons. The van der Waals surface area contributed by atoms with Crippen molar-refractivity contribution in [2.45, 2.75) is 39.2 Å². The third-order valence-electron chi connectivity index (χ3n) is 3.13. The van der Waals surface area contributed by atoms with Gasteiger partial charge in [-0.25, -0.2) is 4.79 Å². The van der Waals surface area contributed by atoms with Crippen molar-refractivity contribution in [1.29, 1.82) is 0 Å². The highest BCUT2D eigenvalue weighted by atomic mass is 35.5. The summed E-state index contributed by atoms with van der Waals surface area (Å²) in [6.45, 7) is 4.89. The highest BCUT2D eigenvalue weighted by molar-refractivity contribution is 6.01. The van der Waals surface area contributed by atoms with E-state index in [9.17, 15) is 14.4 Å². The fraction of sp³-hybridized carbons (Fsp3) is 0.769. The number of nitrogens with two attached hydrogens (primary N) is 1. The van der Waals surface area contributed by atoms with E-state index in [0.29, 0.717) is 18.9 Å². The molecule has 1 aliphatic heterocycles. The molecule has 4 N–H and O–H groups in total. The standard InChI is InChI=1S/C13H24N4O3.ClH/c1-9(2)6-10(7-14)16-11(18)4-3-5-17-12(19)8-15-13(17)20;/h9-10H,3-8,14H2,1-2H3,(H,15,20)(H,16,18);1H. The summed E-state index contributed by atoms with van der Waals surface area (Å²) in [6, 6.07) is -0.394. The van der Waals surface area contributed by atoms with Crippen LogP contribution in [0.1, 0.15) is 33.1 Å². The summed E-state index contributed by atoms with van der Waals surface area (Å²) in [6.07, 6.45) is 1.59. The third-order valence-corrected chi connectivity index (χ3v) is 3.13. The minimum atomic E-state index is -0.380. The Bertz CT molecular complexity index is 360. The van der Waals surface area contributed by atoms with Crippen LogP contribution < -0.4 is 16.4 Å². The Morgan fingerprint density at radius 2 is 2.10 bits per heavy atom. The normalized spacial score (nSPS) is 15.7. The topological polar surface area (TPSA) is 105 Å². The van der Waals surface area contributed by atoms with Gasteiger partial charge >= 0.3 is 6.03 Å². The molecule has 1 aliphatic rings. The molecule has 1 unspecified atom stereocenters. The van der Waals surface area contributed by atoms with Crippen LogP contribution in [0, 0.1) is 5.92 Å². The molecule has 0 spiro atoms. The van der Waals surface area contributed by atoms with Crippen LogP contribution in [0.2, 0.25) is 0 Å². The molecule has 4 amide bonds. The van der Waals surface area contributed by atoms with E-state index in [-0.39, 0.29) is 55.8 Å². The minimum Gasteiger partial charge on any atom is -0.352 e. The molecule has 1 atom stereocenters. The third kappa shape index (κ3) is 6.77. The quantitative estimate of drug-likeness (QED) is 0.557. The first-order valence-corrected chi connectivity index (χ1v) is 7.01. The zero-order chi connectivity index (χ0) is 15.1. The lowest BCUT2D eigenvalue weighted by atomic mass is 10.0. The number of carbonyl (C=O) groups excluding carboxylic acids is 3. The van der Waals surface area contributed by atoms with Crippen LogP contribution in [0.5, 0.6) is 0 Å². The highest BCUT2D eigenvalue weighted by Crippen LogP contribution is 2.05. The van der Waals surface area contributed by atoms with Crippen molar-refractivity contribution in [3.63, 3.8) is 0 Å². The monoisotopic (exact) mass is 320 g/mol. The van der Waals surface area contributed by atoms with Gasteiger partial charge in [0.2, 0.25) is 11.8 Å². The molecule has 0 aromatic rings. The van der Waals surface area contributed by atoms with E-state index in [4.69, 9.17) is 5.73 Å². The average molecular weight is 321 g/mol. The number of nitrogens with zero attached hydrogens (tertiary/aromatic N) is 1. The second-order valence-electron chi connectivity index (χ2n) is 5.44. The smallest absolute Gasteiger partial charge is 0.324 e. The predicted molar refractivity (Wildman–Crippen MR) is 82.0 cm³/mol. The minimum absolute atomic E-state index is 0. The van der Waals surface area contributed by atoms with E-state index < -0.39 is 0 Å². The number of rotatable bonds is 8. The molecule has 21 heavy (non-hydrogen) atoms. The average Bonchev–Trinajstić information content (AvgIpc) is 2.69. The van der Waals surface area contributed by atoms with Gasteiger partial charge in [0.25, 0.3) is 0 Å². The van der Waals surface area contributed by atoms with Crippen molar-refractivity contribution in [3.8, 4) is 0 Å². The van der Waals surface area contributed by atoms with Crippen molar-refractivity contribution in [1.82, 2.24) is 15.5 Å². The van der Waals surface area contributed by atoms with Gasteiger partial charge in [0.15, 0.2) is 0 Å². The molecular formula is C13H25ClN4O3.